The van der Waals surface area contributed by atoms with Crippen LogP contribution in [0.15, 0.2) is 24.3 Å². The van der Waals surface area contributed by atoms with Gasteiger partial charge in [-0.3, -0.25) is 4.90 Å². The first-order valence-electron chi connectivity index (χ1n) is 8.53. The minimum atomic E-state index is -0.0696. The molecule has 1 N–H and O–H groups in total. The van der Waals surface area contributed by atoms with Gasteiger partial charge < -0.3 is 5.32 Å². The quantitative estimate of drug-likeness (QED) is 0.909. The van der Waals surface area contributed by atoms with Crippen LogP contribution in [-0.4, -0.2) is 30.1 Å². The third-order valence-electron chi connectivity index (χ3n) is 4.93. The summed E-state index contributed by atoms with van der Waals surface area (Å²) in [7, 11) is 0. The molecule has 1 saturated heterocycles. The van der Waals surface area contributed by atoms with Gasteiger partial charge in [-0.25, -0.2) is 4.39 Å². The molecule has 1 aromatic rings. The highest BCUT2D eigenvalue weighted by Crippen LogP contribution is 2.21. The number of piperidine rings is 1. The summed E-state index contributed by atoms with van der Waals surface area (Å²) >= 11 is 0. The van der Waals surface area contributed by atoms with Gasteiger partial charge in [0.25, 0.3) is 0 Å². The predicted octanol–water partition coefficient (Wildman–Crippen LogP) is 3.71. The van der Waals surface area contributed by atoms with E-state index in [1.807, 2.05) is 12.1 Å². The molecule has 1 atom stereocenters. The van der Waals surface area contributed by atoms with Crippen LogP contribution in [-0.2, 0) is 6.54 Å². The van der Waals surface area contributed by atoms with Gasteiger partial charge in [0.15, 0.2) is 0 Å². The molecule has 1 aliphatic heterocycles. The number of likely N-dealkylation sites (tertiary alicyclic amines) is 1. The lowest BCUT2D eigenvalue weighted by molar-refractivity contribution is 0.167. The van der Waals surface area contributed by atoms with E-state index in [0.717, 1.165) is 31.2 Å². The first kappa shape index (κ1) is 15.0. The lowest BCUT2D eigenvalue weighted by atomic mass is 9.93. The van der Waals surface area contributed by atoms with Crippen molar-refractivity contribution in [3.63, 3.8) is 0 Å². The molecule has 1 unspecified atom stereocenters. The fraction of sp³-hybridized carbons (Fsp3) is 0.667. The van der Waals surface area contributed by atoms with Crippen LogP contribution in [0.25, 0.3) is 0 Å². The van der Waals surface area contributed by atoms with Crippen LogP contribution >= 0.6 is 0 Å². The van der Waals surface area contributed by atoms with Crippen LogP contribution in [0.3, 0.4) is 0 Å². The highest BCUT2D eigenvalue weighted by atomic mass is 19.1. The molecular formula is C18H27FN2. The number of nitrogens with one attached hydrogen (secondary N) is 1. The molecule has 2 aliphatic rings. The Morgan fingerprint density at radius 3 is 2.57 bits per heavy atom. The highest BCUT2D eigenvalue weighted by Gasteiger charge is 2.23. The van der Waals surface area contributed by atoms with Gasteiger partial charge in [0.05, 0.1) is 0 Å². The van der Waals surface area contributed by atoms with Crippen LogP contribution < -0.4 is 5.32 Å². The Labute approximate surface area is 127 Å². The van der Waals surface area contributed by atoms with Gasteiger partial charge in [0.1, 0.15) is 5.82 Å². The topological polar surface area (TPSA) is 15.3 Å². The second kappa shape index (κ2) is 7.37. The summed E-state index contributed by atoms with van der Waals surface area (Å²) in [4.78, 5) is 2.41. The number of hydrogen-bond donors (Lipinski definition) is 1. The summed E-state index contributed by atoms with van der Waals surface area (Å²) in [6.07, 6.45) is 9.33. The van der Waals surface area contributed by atoms with Crippen LogP contribution in [0, 0.1) is 5.82 Å². The van der Waals surface area contributed by atoms with Crippen LogP contribution in [0.4, 0.5) is 4.39 Å². The lowest BCUT2D eigenvalue weighted by Gasteiger charge is -2.36. The SMILES string of the molecule is Fc1ccccc1CN1CCCC(NC2CCCCC2)C1. The van der Waals surface area contributed by atoms with E-state index in [2.05, 4.69) is 10.2 Å². The van der Waals surface area contributed by atoms with Crippen LogP contribution in [0.2, 0.25) is 0 Å². The normalized spacial score (nSPS) is 25.1. The van der Waals surface area contributed by atoms with Crippen molar-refractivity contribution in [2.45, 2.75) is 63.6 Å². The Balaban J connectivity index is 1.52. The molecule has 3 rings (SSSR count). The molecule has 0 amide bonds. The number of rotatable bonds is 4. The fourth-order valence-electron chi connectivity index (χ4n) is 3.81. The summed E-state index contributed by atoms with van der Waals surface area (Å²) in [5.74, 6) is -0.0696. The number of halogens is 1. The highest BCUT2D eigenvalue weighted by molar-refractivity contribution is 5.17. The maximum absolute atomic E-state index is 13.8. The van der Waals surface area contributed by atoms with Gasteiger partial charge >= 0.3 is 0 Å². The summed E-state index contributed by atoms with van der Waals surface area (Å²) in [6.45, 7) is 2.90. The second-order valence-corrected chi connectivity index (χ2v) is 6.67. The fourth-order valence-corrected chi connectivity index (χ4v) is 3.81. The van der Waals surface area contributed by atoms with Gasteiger partial charge in [0.2, 0.25) is 0 Å². The molecule has 1 heterocycles. The van der Waals surface area contributed by atoms with E-state index in [9.17, 15) is 4.39 Å². The number of benzene rings is 1. The summed E-state index contributed by atoms with van der Waals surface area (Å²) < 4.78 is 13.8. The maximum Gasteiger partial charge on any atom is 0.127 e. The van der Waals surface area contributed by atoms with E-state index in [1.165, 1.54) is 44.9 Å². The van der Waals surface area contributed by atoms with E-state index in [4.69, 9.17) is 0 Å². The van der Waals surface area contributed by atoms with E-state index < -0.39 is 0 Å². The smallest absolute Gasteiger partial charge is 0.127 e. The van der Waals surface area contributed by atoms with Gasteiger partial charge in [-0.05, 0) is 38.3 Å². The number of nitrogens with zero attached hydrogens (tertiary/aromatic N) is 1. The van der Waals surface area contributed by atoms with Gasteiger partial charge in [0, 0.05) is 30.7 Å². The van der Waals surface area contributed by atoms with Crippen molar-refractivity contribution in [3.05, 3.63) is 35.6 Å². The van der Waals surface area contributed by atoms with E-state index in [-0.39, 0.29) is 5.82 Å². The zero-order valence-electron chi connectivity index (χ0n) is 12.9. The maximum atomic E-state index is 13.8. The molecule has 21 heavy (non-hydrogen) atoms. The van der Waals surface area contributed by atoms with Crippen molar-refractivity contribution in [3.8, 4) is 0 Å². The molecular weight excluding hydrogens is 263 g/mol. The number of hydrogen-bond acceptors (Lipinski definition) is 2. The molecule has 0 aromatic heterocycles. The zero-order valence-corrected chi connectivity index (χ0v) is 12.9. The summed E-state index contributed by atoms with van der Waals surface area (Å²) in [5.41, 5.74) is 0.829. The Kier molecular flexibility index (Phi) is 5.26. The molecule has 3 heteroatoms. The third-order valence-corrected chi connectivity index (χ3v) is 4.93. The second-order valence-electron chi connectivity index (χ2n) is 6.67. The Hall–Kier alpha value is -0.930. The molecule has 2 nitrogen and oxygen atoms in total. The molecule has 0 bridgehead atoms. The largest absolute Gasteiger partial charge is 0.310 e. The van der Waals surface area contributed by atoms with Crippen molar-refractivity contribution >= 4 is 0 Å². The van der Waals surface area contributed by atoms with Crippen molar-refractivity contribution in [1.82, 2.24) is 10.2 Å². The minimum absolute atomic E-state index is 0.0696. The minimum Gasteiger partial charge on any atom is -0.310 e. The molecule has 2 fully saturated rings. The molecule has 1 aliphatic carbocycles. The van der Waals surface area contributed by atoms with Gasteiger partial charge in [-0.2, -0.15) is 0 Å². The van der Waals surface area contributed by atoms with Crippen LogP contribution in [0.1, 0.15) is 50.5 Å². The lowest BCUT2D eigenvalue weighted by Crippen LogP contribution is -2.49. The Morgan fingerprint density at radius 2 is 1.76 bits per heavy atom. The predicted molar refractivity (Wildman–Crippen MR) is 84.7 cm³/mol. The first-order valence-corrected chi connectivity index (χ1v) is 8.53. The summed E-state index contributed by atoms with van der Waals surface area (Å²) in [5, 5.41) is 3.85. The average molecular weight is 290 g/mol. The van der Waals surface area contributed by atoms with Crippen molar-refractivity contribution in [2.75, 3.05) is 13.1 Å². The molecule has 1 saturated carbocycles. The average Bonchev–Trinajstić information content (AvgIpc) is 2.51. The zero-order chi connectivity index (χ0) is 14.5. The van der Waals surface area contributed by atoms with E-state index >= 15 is 0 Å². The van der Waals surface area contributed by atoms with E-state index in [0.29, 0.717) is 6.04 Å². The van der Waals surface area contributed by atoms with Crippen molar-refractivity contribution in [1.29, 1.82) is 0 Å². The van der Waals surface area contributed by atoms with Crippen LogP contribution in [0.5, 0.6) is 0 Å². The first-order chi connectivity index (χ1) is 10.3. The molecule has 1 aromatic carbocycles. The van der Waals surface area contributed by atoms with Gasteiger partial charge in [-0.15, -0.1) is 0 Å². The molecule has 0 radical (unpaired) electrons. The van der Waals surface area contributed by atoms with Crippen molar-refractivity contribution < 1.29 is 4.39 Å². The monoisotopic (exact) mass is 290 g/mol. The molecule has 116 valence electrons. The Morgan fingerprint density at radius 1 is 1.00 bits per heavy atom. The summed E-state index contributed by atoms with van der Waals surface area (Å²) in [6, 6.07) is 8.48. The third kappa shape index (κ3) is 4.27. The molecule has 0 spiro atoms. The standard InChI is InChI=1S/C18H27FN2/c19-18-11-5-4-7-15(18)13-21-12-6-10-17(14-21)20-16-8-2-1-3-9-16/h4-5,7,11,16-17,20H,1-3,6,8-10,12-14H2. The van der Waals surface area contributed by atoms with E-state index in [1.54, 1.807) is 12.1 Å². The van der Waals surface area contributed by atoms with Crippen molar-refractivity contribution in [2.24, 2.45) is 0 Å². The Bertz CT molecular complexity index is 443. The van der Waals surface area contributed by atoms with Gasteiger partial charge in [-0.1, -0.05) is 37.5 Å².